The van der Waals surface area contributed by atoms with Crippen LogP contribution >= 0.6 is 0 Å². The maximum atomic E-state index is 14.0. The topological polar surface area (TPSA) is 268 Å². The summed E-state index contributed by atoms with van der Waals surface area (Å²) in [6.45, 7) is 49.4. The van der Waals surface area contributed by atoms with E-state index in [0.29, 0.717) is 76.2 Å². The van der Waals surface area contributed by atoms with Crippen LogP contribution in [0.4, 0.5) is 17.5 Å². The van der Waals surface area contributed by atoms with Crippen molar-refractivity contribution in [3.8, 4) is 33.4 Å². The summed E-state index contributed by atoms with van der Waals surface area (Å²) in [6.07, 6.45) is 40.5. The minimum Gasteiger partial charge on any atom is -0.481 e. The molecule has 23 rings (SSSR count). The molecule has 8 saturated carbocycles. The molecule has 11 aliphatic carbocycles. The highest BCUT2D eigenvalue weighted by Gasteiger charge is 2.53. The van der Waals surface area contributed by atoms with Gasteiger partial charge in [-0.1, -0.05) is 41.9 Å². The average Bonchev–Trinajstić information content (AvgIpc) is 1.73. The number of hydrogen-bond donors (Lipinski definition) is 3. The van der Waals surface area contributed by atoms with Crippen LogP contribution in [0.2, 0.25) is 0 Å². The Morgan fingerprint density at radius 1 is 0.393 bits per heavy atom. The lowest BCUT2D eigenvalue weighted by Gasteiger charge is -2.56. The molecule has 0 radical (unpaired) electrons. The number of rotatable bonds is 32. The van der Waals surface area contributed by atoms with Crippen molar-refractivity contribution in [2.45, 2.75) is 283 Å². The van der Waals surface area contributed by atoms with E-state index in [2.05, 4.69) is 209 Å². The third-order valence-corrected chi connectivity index (χ3v) is 35.3. The van der Waals surface area contributed by atoms with Crippen LogP contribution in [0.5, 0.6) is 0 Å². The zero-order chi connectivity index (χ0) is 106. The summed E-state index contributed by atoms with van der Waals surface area (Å²) >= 11 is 0. The van der Waals surface area contributed by atoms with E-state index >= 15 is 0 Å². The maximum absolute atomic E-state index is 14.0. The van der Waals surface area contributed by atoms with Crippen molar-refractivity contribution in [3.05, 3.63) is 212 Å². The third kappa shape index (κ3) is 24.5. The number of nitrogens with one attached hydrogen (secondary N) is 1. The molecule has 0 spiro atoms. The number of anilines is 3. The van der Waals surface area contributed by atoms with Crippen molar-refractivity contribution >= 4 is 96.7 Å². The first kappa shape index (κ1) is 108. The molecule has 0 atom stereocenters. The lowest BCUT2D eigenvalue weighted by Crippen LogP contribution is -2.50. The quantitative estimate of drug-likeness (QED) is 0.0331. The first-order chi connectivity index (χ1) is 71.9. The summed E-state index contributed by atoms with van der Waals surface area (Å²) in [6, 6.07) is 26.1. The first-order valence-corrected chi connectivity index (χ1v) is 56.7. The number of nitrogens with two attached hydrogens (primary N) is 1. The number of piperazine rings is 3. The molecule has 796 valence electrons. The van der Waals surface area contributed by atoms with Gasteiger partial charge in [0.2, 0.25) is 5.91 Å². The normalized spacial score (nSPS) is 23.0. The van der Waals surface area contributed by atoms with Gasteiger partial charge in [0.15, 0.2) is 34.7 Å². The van der Waals surface area contributed by atoms with Crippen LogP contribution in [0.3, 0.4) is 0 Å². The number of fused-ring (bicyclic) bond motifs is 3. The zero-order valence-electron chi connectivity index (χ0n) is 92.5. The molecule has 11 fully saturated rings. The first-order valence-electron chi connectivity index (χ1n) is 56.7. The number of aromatic nitrogens is 6. The van der Waals surface area contributed by atoms with Crippen molar-refractivity contribution in [2.24, 2.45) is 52.1 Å². The number of carboxylic acids is 1. The fraction of sp³-hybridized carbons (Fsp3) is 0.535. The van der Waals surface area contributed by atoms with Gasteiger partial charge in [-0.05, 0) is 399 Å². The molecule has 3 aliphatic heterocycles. The summed E-state index contributed by atoms with van der Waals surface area (Å²) in [5.41, 5.74) is 29.4. The Kier molecular flexibility index (Phi) is 33.5. The van der Waals surface area contributed by atoms with Gasteiger partial charge < -0.3 is 44.6 Å². The highest BCUT2D eigenvalue weighted by molar-refractivity contribution is 6.14. The SMILES string of the molecule is CC1=CC(C)=C(CCC(=O)c2cc(-c3ccc(N4CCN(CCN)CC4)nc3)cc3c2c(C)cn3C(C)C)C(=O)C1.CC1=CC(C)=C(CCC(=O)c2cc(-c3ccc(N4CCN(CCNC(=O)CC56CC7CC(CC(C7)C5)C6)CC4)nc3)cc3c2c(C)cn3C(C)C)C(=O)C1.CCCN1CCN(c2ccc(-c3cc(C(=O)CCC4=C(C)C=C(C)CC4=O)c4c(C)cn(C(C)C)c4c3)cn2)CC1.O=C(O)CC12CC3CC(CC(C3)C1)C2. The molecule has 150 heavy (non-hydrogen) atoms. The molecular formula is C127H164N14O9. The lowest BCUT2D eigenvalue weighted by molar-refractivity contribution is -0.145. The Morgan fingerprint density at radius 3 is 0.953 bits per heavy atom. The van der Waals surface area contributed by atoms with E-state index in [1.165, 1.54) is 83.5 Å². The predicted octanol–water partition coefficient (Wildman–Crippen LogP) is 24.5. The van der Waals surface area contributed by atoms with Crippen LogP contribution in [-0.4, -0.2) is 206 Å². The number of Topliss-reactive ketones (excluding diaryl/α,β-unsaturated/α-hetero) is 6. The summed E-state index contributed by atoms with van der Waals surface area (Å²) in [5, 5.41) is 15.3. The van der Waals surface area contributed by atoms with Gasteiger partial charge in [0.05, 0.1) is 6.42 Å². The second kappa shape index (κ2) is 46.5. The number of benzene rings is 3. The van der Waals surface area contributed by atoms with Crippen LogP contribution in [-0.2, 0) is 24.0 Å². The largest absolute Gasteiger partial charge is 0.481 e. The average molecular weight is 2030 g/mol. The molecule has 1 amide bonds. The van der Waals surface area contributed by atoms with Gasteiger partial charge >= 0.3 is 5.97 Å². The van der Waals surface area contributed by atoms with Crippen molar-refractivity contribution < 1.29 is 43.5 Å². The van der Waals surface area contributed by atoms with Crippen molar-refractivity contribution in [1.29, 1.82) is 0 Å². The fourth-order valence-corrected chi connectivity index (χ4v) is 29.0. The van der Waals surface area contributed by atoms with E-state index in [1.807, 2.05) is 78.3 Å². The number of nitrogens with zero attached hydrogens (tertiary/aromatic N) is 12. The maximum Gasteiger partial charge on any atom is 0.303 e. The van der Waals surface area contributed by atoms with Gasteiger partial charge in [0.25, 0.3) is 0 Å². The highest BCUT2D eigenvalue weighted by Crippen LogP contribution is 2.63. The van der Waals surface area contributed by atoms with Crippen molar-refractivity contribution in [3.63, 3.8) is 0 Å². The minimum absolute atomic E-state index is 0.0652. The van der Waals surface area contributed by atoms with Crippen molar-refractivity contribution in [1.82, 2.24) is 48.7 Å². The second-order valence-electron chi connectivity index (χ2n) is 48.1. The lowest BCUT2D eigenvalue weighted by atomic mass is 9.49. The molecular weight excluding hydrogens is 1870 g/mol. The van der Waals surface area contributed by atoms with E-state index in [9.17, 15) is 38.4 Å². The Bertz CT molecular complexity index is 6490. The van der Waals surface area contributed by atoms with Gasteiger partial charge in [-0.25, -0.2) is 15.0 Å². The predicted molar refractivity (Wildman–Crippen MR) is 606 cm³/mol. The summed E-state index contributed by atoms with van der Waals surface area (Å²) < 4.78 is 6.76. The van der Waals surface area contributed by atoms with E-state index in [1.54, 1.807) is 0 Å². The van der Waals surface area contributed by atoms with E-state index in [4.69, 9.17) is 25.8 Å². The number of carboxylic acid groups (broad SMARTS) is 1. The molecule has 23 heteroatoms. The highest BCUT2D eigenvalue weighted by atomic mass is 16.4. The molecule has 23 nitrogen and oxygen atoms in total. The van der Waals surface area contributed by atoms with Crippen LogP contribution < -0.4 is 25.8 Å². The monoisotopic (exact) mass is 2030 g/mol. The van der Waals surface area contributed by atoms with Crippen LogP contribution in [0.1, 0.15) is 310 Å². The molecule has 14 aliphatic rings. The van der Waals surface area contributed by atoms with E-state index < -0.39 is 5.97 Å². The van der Waals surface area contributed by atoms with E-state index in [-0.39, 0.29) is 64.1 Å². The zero-order valence-corrected chi connectivity index (χ0v) is 92.5. The summed E-state index contributed by atoms with van der Waals surface area (Å²) in [7, 11) is 0. The summed E-state index contributed by atoms with van der Waals surface area (Å²) in [4.78, 5) is 133. The molecule has 6 aromatic heterocycles. The molecule has 0 unspecified atom stereocenters. The number of hydrogen-bond acceptors (Lipinski definition) is 18. The molecule has 9 aromatic rings. The van der Waals surface area contributed by atoms with E-state index in [0.717, 1.165) is 314 Å². The Morgan fingerprint density at radius 2 is 0.687 bits per heavy atom. The molecule has 4 N–H and O–H groups in total. The standard InChI is InChI=1S/C46H59N5O3.C35H44N4O2.C34H43N5O2.C12H18O2/c1-29(2)51-28-32(5)45-39(41(52)8-7-38-31(4)16-30(3)17-42(38)53)21-37(22-40(45)51)36-6-9-43(48-27-36)50-14-12-49(13-15-50)11-10-47-44(54)26-46-23-33-18-34(24-46)20-35(19-33)25-46;1-7-12-37-13-15-38(16-14-37)34-11-8-27(21-36-34)28-19-30(35-26(6)22-39(23(2)3)31(35)20-28)32(40)10-9-29-25(5)17-24(4)18-33(29)41;1-22(2)39-21-25(5)34-29(31(40)8-7-28-24(4)16-23(3)17-32(28)41)18-27(19-30(34)39)26-6-9-33(36-20-26)38-14-12-37(11-10-35)13-15-38;13-11(14)7-12-4-8-1-9(5-12)3-10(2-8)6-12/h6,9,16,21-22,27-29,33-35H,7-8,10-15,17-20,23-26H2,1-5H3,(H,47,54);8,11,17,19-23H,7,9-10,12-16,18H2,1-6H3;6,9,16,18-22H,7-8,10-15,17,35H2,1-5H3;8-10H,1-7H2,(H,13,14). The third-order valence-electron chi connectivity index (χ3n) is 35.3. The van der Waals surface area contributed by atoms with Gasteiger partial charge in [-0.15, -0.1) is 0 Å². The van der Waals surface area contributed by atoms with Crippen LogP contribution in [0.25, 0.3) is 66.1 Å². The number of aliphatic carboxylic acids is 1. The number of allylic oxidation sites excluding steroid dienone is 12. The number of pyridine rings is 3. The molecule has 9 heterocycles. The number of carbonyl (C=O) groups is 8. The second-order valence-corrected chi connectivity index (χ2v) is 48.1. The Hall–Kier alpha value is -11.6. The number of carbonyl (C=O) groups excluding carboxylic acids is 7. The summed E-state index contributed by atoms with van der Waals surface area (Å²) in [5.74, 6) is 8.55. The molecule has 3 saturated heterocycles. The van der Waals surface area contributed by atoms with Gasteiger partial charge in [-0.2, -0.15) is 0 Å². The van der Waals surface area contributed by atoms with Crippen LogP contribution in [0.15, 0.2) is 178 Å². The molecule has 3 aromatic carbocycles. The smallest absolute Gasteiger partial charge is 0.303 e. The Balaban J connectivity index is 0.000000139. The van der Waals surface area contributed by atoms with Gasteiger partial charge in [0.1, 0.15) is 17.5 Å². The van der Waals surface area contributed by atoms with Gasteiger partial charge in [0, 0.05) is 271 Å². The van der Waals surface area contributed by atoms with Gasteiger partial charge in [-0.3, -0.25) is 53.1 Å². The minimum atomic E-state index is -0.577. The molecule has 8 bridgehead atoms. The fourth-order valence-electron chi connectivity index (χ4n) is 29.0. The Labute approximate surface area is 889 Å². The van der Waals surface area contributed by atoms with Crippen molar-refractivity contribution in [2.75, 3.05) is 126 Å². The number of aryl methyl sites for hydroxylation is 3. The number of ketones is 6. The number of amides is 1. The van der Waals surface area contributed by atoms with Crippen LogP contribution in [0, 0.1) is 67.1 Å².